The maximum atomic E-state index is 10.7. The Hall–Kier alpha value is -1.10. The van der Waals surface area contributed by atoms with Crippen LogP contribution in [0.15, 0.2) is 16.5 Å². The molecule has 94 valence electrons. The predicted molar refractivity (Wildman–Crippen MR) is 68.8 cm³/mol. The Morgan fingerprint density at radius 3 is 3.06 bits per heavy atom. The molecule has 0 aromatic carbocycles. The molecule has 17 heavy (non-hydrogen) atoms. The zero-order valence-corrected chi connectivity index (χ0v) is 10.6. The Morgan fingerprint density at radius 2 is 2.41 bits per heavy atom. The minimum absolute atomic E-state index is 0.00928. The third-order valence-electron chi connectivity index (χ3n) is 2.95. The highest BCUT2D eigenvalue weighted by molar-refractivity contribution is 7.99. The van der Waals surface area contributed by atoms with E-state index >= 15 is 0 Å². The molecule has 4 nitrogen and oxygen atoms in total. The van der Waals surface area contributed by atoms with E-state index in [4.69, 9.17) is 9.52 Å². The number of hydrogen-bond acceptors (Lipinski definition) is 4. The topological polar surface area (TPSA) is 62.5 Å². The summed E-state index contributed by atoms with van der Waals surface area (Å²) in [5, 5.41) is 12.7. The summed E-state index contributed by atoms with van der Waals surface area (Å²) in [7, 11) is 0. The van der Waals surface area contributed by atoms with Gasteiger partial charge in [-0.2, -0.15) is 11.8 Å². The van der Waals surface area contributed by atoms with Gasteiger partial charge in [-0.05, 0) is 31.1 Å². The lowest BCUT2D eigenvalue weighted by molar-refractivity contribution is 0.0663. The Morgan fingerprint density at radius 1 is 1.59 bits per heavy atom. The Bertz CT molecular complexity index is 391. The third-order valence-corrected chi connectivity index (χ3v) is 4.18. The second-order valence-electron chi connectivity index (χ2n) is 4.20. The molecular weight excluding hydrogens is 238 g/mol. The van der Waals surface area contributed by atoms with Crippen LogP contribution in [0.25, 0.3) is 0 Å². The fraction of sp³-hybridized carbons (Fsp3) is 0.583. The van der Waals surface area contributed by atoms with E-state index < -0.39 is 5.97 Å². The quantitative estimate of drug-likeness (QED) is 0.846. The molecule has 1 aliphatic carbocycles. The number of aromatic carboxylic acids is 1. The number of thioether (sulfide) groups is 1. The number of carboxylic acids is 1. The summed E-state index contributed by atoms with van der Waals surface area (Å²) in [6, 6.07) is 3.58. The van der Waals surface area contributed by atoms with Crippen LogP contribution in [0.1, 0.15) is 36.7 Å². The summed E-state index contributed by atoms with van der Waals surface area (Å²) < 4.78 is 5.18. The number of rotatable bonds is 5. The van der Waals surface area contributed by atoms with E-state index in [1.165, 1.54) is 12.5 Å². The van der Waals surface area contributed by atoms with E-state index in [-0.39, 0.29) is 5.76 Å². The molecule has 1 heterocycles. The summed E-state index contributed by atoms with van der Waals surface area (Å²) in [5.74, 6) is 0.685. The normalized spacial score (nSPS) is 23.8. The highest BCUT2D eigenvalue weighted by Gasteiger charge is 2.25. The number of hydrogen-bond donors (Lipinski definition) is 2. The lowest BCUT2D eigenvalue weighted by atomic mass is 10.2. The predicted octanol–water partition coefficient (Wildman–Crippen LogP) is 3.06. The Kier molecular flexibility index (Phi) is 3.99. The zero-order valence-electron chi connectivity index (χ0n) is 9.81. The van der Waals surface area contributed by atoms with Crippen LogP contribution in [0, 0.1) is 0 Å². The van der Waals surface area contributed by atoms with Crippen LogP contribution < -0.4 is 5.32 Å². The maximum absolute atomic E-state index is 10.7. The van der Waals surface area contributed by atoms with Gasteiger partial charge in [-0.15, -0.1) is 0 Å². The number of carboxylic acid groups (broad SMARTS) is 1. The van der Waals surface area contributed by atoms with Crippen molar-refractivity contribution in [2.75, 3.05) is 11.1 Å². The molecule has 2 atom stereocenters. The molecule has 0 spiro atoms. The average molecular weight is 255 g/mol. The molecule has 0 saturated heterocycles. The van der Waals surface area contributed by atoms with E-state index in [0.29, 0.717) is 11.9 Å². The van der Waals surface area contributed by atoms with Gasteiger partial charge in [0.2, 0.25) is 5.76 Å². The largest absolute Gasteiger partial charge is 0.475 e. The van der Waals surface area contributed by atoms with E-state index in [1.807, 2.05) is 11.8 Å². The van der Waals surface area contributed by atoms with Crippen LogP contribution in [0.2, 0.25) is 0 Å². The van der Waals surface area contributed by atoms with Crippen LogP contribution in [0.3, 0.4) is 0 Å². The van der Waals surface area contributed by atoms with E-state index in [9.17, 15) is 4.79 Å². The number of nitrogens with one attached hydrogen (secondary N) is 1. The smallest absolute Gasteiger partial charge is 0.371 e. The fourth-order valence-electron chi connectivity index (χ4n) is 2.19. The minimum atomic E-state index is -1.02. The van der Waals surface area contributed by atoms with Crippen molar-refractivity contribution in [2.24, 2.45) is 0 Å². The van der Waals surface area contributed by atoms with Crippen molar-refractivity contribution < 1.29 is 14.3 Å². The van der Waals surface area contributed by atoms with Gasteiger partial charge < -0.3 is 14.8 Å². The van der Waals surface area contributed by atoms with Crippen LogP contribution in [0.4, 0.5) is 5.88 Å². The third kappa shape index (κ3) is 3.19. The summed E-state index contributed by atoms with van der Waals surface area (Å²) in [5.41, 5.74) is 0. The first-order valence-corrected chi connectivity index (χ1v) is 6.95. The van der Waals surface area contributed by atoms with Gasteiger partial charge in [0.05, 0.1) is 0 Å². The Labute approximate surface area is 105 Å². The first kappa shape index (κ1) is 12.4. The SMILES string of the molecule is CCSC1CCC(Nc2ccc(C(=O)O)o2)C1. The highest BCUT2D eigenvalue weighted by Crippen LogP contribution is 2.31. The monoisotopic (exact) mass is 255 g/mol. The molecule has 1 saturated carbocycles. The van der Waals surface area contributed by atoms with E-state index in [2.05, 4.69) is 12.2 Å². The lowest BCUT2D eigenvalue weighted by Crippen LogP contribution is -2.15. The lowest BCUT2D eigenvalue weighted by Gasteiger charge is -2.11. The standard InChI is InChI=1S/C12H17NO3S/c1-2-17-9-4-3-8(7-9)13-11-6-5-10(16-11)12(14)15/h5-6,8-9,13H,2-4,7H2,1H3,(H,14,15). The van der Waals surface area contributed by atoms with Crippen molar-refractivity contribution in [1.29, 1.82) is 0 Å². The molecule has 2 N–H and O–H groups in total. The fourth-order valence-corrected chi connectivity index (χ4v) is 3.33. The summed E-state index contributed by atoms with van der Waals surface area (Å²) in [4.78, 5) is 10.7. The maximum Gasteiger partial charge on any atom is 0.371 e. The molecule has 0 radical (unpaired) electrons. The van der Waals surface area contributed by atoms with Crippen LogP contribution >= 0.6 is 11.8 Å². The van der Waals surface area contributed by atoms with Crippen molar-refractivity contribution in [1.82, 2.24) is 0 Å². The van der Waals surface area contributed by atoms with Crippen molar-refractivity contribution in [3.63, 3.8) is 0 Å². The van der Waals surface area contributed by atoms with E-state index in [0.717, 1.165) is 23.8 Å². The molecule has 0 amide bonds. The van der Waals surface area contributed by atoms with Gasteiger partial charge in [0.25, 0.3) is 0 Å². The van der Waals surface area contributed by atoms with Crippen molar-refractivity contribution >= 4 is 23.6 Å². The van der Waals surface area contributed by atoms with Crippen molar-refractivity contribution in [3.8, 4) is 0 Å². The summed E-state index contributed by atoms with van der Waals surface area (Å²) in [6.45, 7) is 2.18. The van der Waals surface area contributed by atoms with Gasteiger partial charge in [-0.1, -0.05) is 6.92 Å². The first-order valence-electron chi connectivity index (χ1n) is 5.90. The highest BCUT2D eigenvalue weighted by atomic mass is 32.2. The Balaban J connectivity index is 1.87. The zero-order chi connectivity index (χ0) is 12.3. The van der Waals surface area contributed by atoms with Gasteiger partial charge in [0, 0.05) is 17.4 Å². The van der Waals surface area contributed by atoms with Gasteiger partial charge >= 0.3 is 5.97 Å². The van der Waals surface area contributed by atoms with E-state index in [1.54, 1.807) is 6.07 Å². The first-order chi connectivity index (χ1) is 8.19. The summed E-state index contributed by atoms with van der Waals surface area (Å²) >= 11 is 2.00. The molecule has 1 fully saturated rings. The van der Waals surface area contributed by atoms with Gasteiger partial charge in [-0.3, -0.25) is 0 Å². The van der Waals surface area contributed by atoms with Crippen LogP contribution in [0.5, 0.6) is 0 Å². The van der Waals surface area contributed by atoms with Gasteiger partial charge in [0.1, 0.15) is 0 Å². The molecule has 0 aliphatic heterocycles. The number of anilines is 1. The molecule has 2 unspecified atom stereocenters. The minimum Gasteiger partial charge on any atom is -0.475 e. The van der Waals surface area contributed by atoms with Crippen molar-refractivity contribution in [3.05, 3.63) is 17.9 Å². The molecular formula is C12H17NO3S. The average Bonchev–Trinajstić information content (AvgIpc) is 2.89. The number of carbonyl (C=O) groups is 1. The van der Waals surface area contributed by atoms with Gasteiger partial charge in [-0.25, -0.2) is 4.79 Å². The molecule has 1 aromatic rings. The van der Waals surface area contributed by atoms with Gasteiger partial charge in [0.15, 0.2) is 5.88 Å². The molecule has 1 aliphatic rings. The summed E-state index contributed by atoms with van der Waals surface area (Å²) in [6.07, 6.45) is 3.48. The molecule has 5 heteroatoms. The van der Waals surface area contributed by atoms with Crippen molar-refractivity contribution in [2.45, 2.75) is 37.5 Å². The van der Waals surface area contributed by atoms with Crippen LogP contribution in [-0.2, 0) is 0 Å². The molecule has 1 aromatic heterocycles. The second-order valence-corrected chi connectivity index (χ2v) is 5.78. The molecule has 0 bridgehead atoms. The number of furan rings is 1. The van der Waals surface area contributed by atoms with Crippen LogP contribution in [-0.4, -0.2) is 28.1 Å². The second kappa shape index (κ2) is 5.49. The molecule has 2 rings (SSSR count).